The molecule has 0 saturated heterocycles. The van der Waals surface area contributed by atoms with E-state index >= 15 is 0 Å². The molecule has 1 aliphatic rings. The number of ether oxygens (including phenoxy) is 2. The normalized spacial score (nSPS) is 14.8. The lowest BCUT2D eigenvalue weighted by Crippen LogP contribution is -2.31. The number of carbonyl (C=O) groups excluding carboxylic acids is 1. The lowest BCUT2D eigenvalue weighted by atomic mass is 9.95. The topological polar surface area (TPSA) is 87.7 Å². The standard InChI is InChI=1S/C27H24FN3O4/c1-34-19-9-6-16(7-10-19)12-13-31-26(17-4-3-5-20(14-17)35-2)23-24(29-30-25(23)27(31)33)21-15-18(28)8-11-22(21)32/h3-11,14-15,26,32H,12-13H2,1-2H3,(H,29,30)/t26-/m1/s1. The molecular formula is C27H24FN3O4. The molecule has 0 radical (unpaired) electrons. The van der Waals surface area contributed by atoms with Crippen LogP contribution in [0, 0.1) is 5.82 Å². The number of aromatic nitrogens is 2. The smallest absolute Gasteiger partial charge is 0.273 e. The van der Waals surface area contributed by atoms with E-state index in [2.05, 4.69) is 10.2 Å². The van der Waals surface area contributed by atoms with Crippen molar-refractivity contribution in [3.05, 3.63) is 94.9 Å². The number of hydrogen-bond acceptors (Lipinski definition) is 5. The van der Waals surface area contributed by atoms with Crippen molar-refractivity contribution in [1.82, 2.24) is 15.1 Å². The largest absolute Gasteiger partial charge is 0.507 e. The molecular weight excluding hydrogens is 449 g/mol. The summed E-state index contributed by atoms with van der Waals surface area (Å²) in [5.41, 5.74) is 3.36. The molecule has 0 saturated carbocycles. The number of nitrogens with one attached hydrogen (secondary N) is 1. The SMILES string of the molecule is COc1ccc(CCN2C(=O)c3[nH]nc(-c4cc(F)ccc4O)c3[C@H]2c2cccc(OC)c2)cc1. The Balaban J connectivity index is 1.57. The first-order valence-corrected chi connectivity index (χ1v) is 11.1. The Kier molecular flexibility index (Phi) is 5.86. The van der Waals surface area contributed by atoms with Gasteiger partial charge in [0.15, 0.2) is 0 Å². The molecule has 0 aliphatic carbocycles. The zero-order valence-electron chi connectivity index (χ0n) is 19.3. The number of carbonyl (C=O) groups is 1. The van der Waals surface area contributed by atoms with Crippen LogP contribution in [0.25, 0.3) is 11.3 Å². The number of phenolic OH excluding ortho intramolecular Hbond substituents is 1. The minimum Gasteiger partial charge on any atom is -0.507 e. The van der Waals surface area contributed by atoms with Crippen molar-refractivity contribution in [2.75, 3.05) is 20.8 Å². The van der Waals surface area contributed by atoms with E-state index in [1.165, 1.54) is 18.2 Å². The molecule has 2 heterocycles. The first-order valence-electron chi connectivity index (χ1n) is 11.1. The summed E-state index contributed by atoms with van der Waals surface area (Å²) in [6.45, 7) is 0.435. The second kappa shape index (κ2) is 9.13. The number of halogens is 1. The van der Waals surface area contributed by atoms with Gasteiger partial charge < -0.3 is 19.5 Å². The third-order valence-corrected chi connectivity index (χ3v) is 6.29. The van der Waals surface area contributed by atoms with Crippen molar-refractivity contribution in [1.29, 1.82) is 0 Å². The van der Waals surface area contributed by atoms with Crippen molar-refractivity contribution >= 4 is 5.91 Å². The summed E-state index contributed by atoms with van der Waals surface area (Å²) in [4.78, 5) is 15.3. The van der Waals surface area contributed by atoms with Gasteiger partial charge in [-0.05, 0) is 60.0 Å². The van der Waals surface area contributed by atoms with Gasteiger partial charge in [0.2, 0.25) is 0 Å². The summed E-state index contributed by atoms with van der Waals surface area (Å²) >= 11 is 0. The minimum absolute atomic E-state index is 0.116. The van der Waals surface area contributed by atoms with E-state index in [-0.39, 0.29) is 17.2 Å². The number of amides is 1. The second-order valence-electron chi connectivity index (χ2n) is 8.30. The fourth-order valence-electron chi connectivity index (χ4n) is 4.53. The lowest BCUT2D eigenvalue weighted by Gasteiger charge is -2.27. The molecule has 1 amide bonds. The third kappa shape index (κ3) is 4.07. The van der Waals surface area contributed by atoms with E-state index in [9.17, 15) is 14.3 Å². The van der Waals surface area contributed by atoms with Crippen molar-refractivity contribution in [3.63, 3.8) is 0 Å². The molecule has 0 fully saturated rings. The van der Waals surface area contributed by atoms with Gasteiger partial charge in [0.1, 0.15) is 34.5 Å². The number of H-pyrrole nitrogens is 1. The van der Waals surface area contributed by atoms with Crippen LogP contribution in [0.15, 0.2) is 66.7 Å². The second-order valence-corrected chi connectivity index (χ2v) is 8.30. The van der Waals surface area contributed by atoms with Crippen LogP contribution in [0.1, 0.15) is 33.2 Å². The number of methoxy groups -OCH3 is 2. The van der Waals surface area contributed by atoms with E-state index in [0.717, 1.165) is 16.9 Å². The number of benzene rings is 3. The zero-order chi connectivity index (χ0) is 24.5. The summed E-state index contributed by atoms with van der Waals surface area (Å²) in [6.07, 6.45) is 0.619. The summed E-state index contributed by atoms with van der Waals surface area (Å²) < 4.78 is 24.7. The van der Waals surface area contributed by atoms with Gasteiger partial charge in [-0.25, -0.2) is 4.39 Å². The molecule has 0 unspecified atom stereocenters. The molecule has 1 atom stereocenters. The summed E-state index contributed by atoms with van der Waals surface area (Å²) in [5, 5.41) is 17.6. The molecule has 35 heavy (non-hydrogen) atoms. The number of aromatic amines is 1. The lowest BCUT2D eigenvalue weighted by molar-refractivity contribution is 0.0745. The Labute approximate surface area is 201 Å². The van der Waals surface area contributed by atoms with Gasteiger partial charge in [0, 0.05) is 17.7 Å². The molecule has 4 aromatic rings. The molecule has 2 N–H and O–H groups in total. The number of aromatic hydroxyl groups is 1. The Hall–Kier alpha value is -4.33. The van der Waals surface area contributed by atoms with E-state index in [1.54, 1.807) is 19.1 Å². The predicted octanol–water partition coefficient (Wildman–Crippen LogP) is 4.73. The van der Waals surface area contributed by atoms with Gasteiger partial charge >= 0.3 is 0 Å². The number of hydrogen-bond donors (Lipinski definition) is 2. The van der Waals surface area contributed by atoms with Crippen LogP contribution in [-0.4, -0.2) is 46.9 Å². The van der Waals surface area contributed by atoms with Crippen molar-refractivity contribution in [2.24, 2.45) is 0 Å². The van der Waals surface area contributed by atoms with Crippen LogP contribution < -0.4 is 9.47 Å². The first-order chi connectivity index (χ1) is 17.0. The maximum Gasteiger partial charge on any atom is 0.273 e. The average Bonchev–Trinajstić information content (AvgIpc) is 3.43. The molecule has 8 heteroatoms. The van der Waals surface area contributed by atoms with Crippen molar-refractivity contribution < 1.29 is 23.8 Å². The van der Waals surface area contributed by atoms with Crippen LogP contribution in [0.3, 0.4) is 0 Å². The number of fused-ring (bicyclic) bond motifs is 1. The molecule has 1 aromatic heterocycles. The van der Waals surface area contributed by atoms with E-state index in [4.69, 9.17) is 9.47 Å². The maximum atomic E-state index is 14.1. The van der Waals surface area contributed by atoms with Crippen LogP contribution in [-0.2, 0) is 6.42 Å². The van der Waals surface area contributed by atoms with Gasteiger partial charge in [-0.1, -0.05) is 24.3 Å². The fourth-order valence-corrected chi connectivity index (χ4v) is 4.53. The fraction of sp³-hybridized carbons (Fsp3) is 0.185. The summed E-state index contributed by atoms with van der Waals surface area (Å²) in [5.74, 6) is 0.580. The number of rotatable bonds is 7. The number of phenols is 1. The van der Waals surface area contributed by atoms with Crippen molar-refractivity contribution in [2.45, 2.75) is 12.5 Å². The van der Waals surface area contributed by atoms with Crippen molar-refractivity contribution in [3.8, 4) is 28.5 Å². The Morgan fingerprint density at radius 2 is 1.80 bits per heavy atom. The van der Waals surface area contributed by atoms with E-state index in [1.807, 2.05) is 48.5 Å². The minimum atomic E-state index is -0.506. The summed E-state index contributed by atoms with van der Waals surface area (Å²) in [7, 11) is 3.20. The summed E-state index contributed by atoms with van der Waals surface area (Å²) in [6, 6.07) is 18.4. The van der Waals surface area contributed by atoms with Crippen LogP contribution in [0.5, 0.6) is 17.2 Å². The highest BCUT2D eigenvalue weighted by Crippen LogP contribution is 2.45. The highest BCUT2D eigenvalue weighted by Gasteiger charge is 2.42. The third-order valence-electron chi connectivity index (χ3n) is 6.29. The quantitative estimate of drug-likeness (QED) is 0.405. The molecule has 0 spiro atoms. The van der Waals surface area contributed by atoms with Gasteiger partial charge in [0.05, 0.1) is 20.3 Å². The van der Waals surface area contributed by atoms with Crippen LogP contribution in [0.2, 0.25) is 0 Å². The molecule has 1 aliphatic heterocycles. The van der Waals surface area contributed by atoms with Gasteiger partial charge in [-0.15, -0.1) is 0 Å². The highest BCUT2D eigenvalue weighted by molar-refractivity contribution is 6.00. The first kappa shape index (κ1) is 22.5. The molecule has 0 bridgehead atoms. The monoisotopic (exact) mass is 473 g/mol. The highest BCUT2D eigenvalue weighted by atomic mass is 19.1. The maximum absolute atomic E-state index is 14.1. The van der Waals surface area contributed by atoms with Gasteiger partial charge in [-0.2, -0.15) is 5.10 Å². The van der Waals surface area contributed by atoms with Crippen LogP contribution in [0.4, 0.5) is 4.39 Å². The molecule has 5 rings (SSSR count). The Bertz CT molecular complexity index is 1380. The Morgan fingerprint density at radius 3 is 2.54 bits per heavy atom. The number of nitrogens with zero attached hydrogens (tertiary/aromatic N) is 2. The average molecular weight is 474 g/mol. The Morgan fingerprint density at radius 1 is 1.03 bits per heavy atom. The molecule has 178 valence electrons. The van der Waals surface area contributed by atoms with E-state index < -0.39 is 11.9 Å². The van der Waals surface area contributed by atoms with Crippen LogP contribution >= 0.6 is 0 Å². The van der Waals surface area contributed by atoms with E-state index in [0.29, 0.717) is 35.7 Å². The van der Waals surface area contributed by atoms with Gasteiger partial charge in [-0.3, -0.25) is 9.89 Å². The molecule has 3 aromatic carbocycles. The predicted molar refractivity (Wildman–Crippen MR) is 128 cm³/mol. The zero-order valence-corrected chi connectivity index (χ0v) is 19.3. The van der Waals surface area contributed by atoms with Gasteiger partial charge in [0.25, 0.3) is 5.91 Å². The molecule has 7 nitrogen and oxygen atoms in total.